The SMILES string of the molecule is N#Cc1cc(N2CCN(CCCCN3CCN(c4ccccc4)CC3)CC2)cc(C(F)(F)F)c1. The number of alkyl halides is 3. The zero-order valence-corrected chi connectivity index (χ0v) is 19.5. The van der Waals surface area contributed by atoms with Gasteiger partial charge in [-0.1, -0.05) is 18.2 Å². The first-order valence-electron chi connectivity index (χ1n) is 12.0. The van der Waals surface area contributed by atoms with Crippen molar-refractivity contribution in [1.29, 1.82) is 5.26 Å². The van der Waals surface area contributed by atoms with Gasteiger partial charge in [-0.2, -0.15) is 18.4 Å². The Kier molecular flexibility index (Phi) is 7.96. The first-order chi connectivity index (χ1) is 16.4. The first kappa shape index (κ1) is 24.4. The molecule has 0 radical (unpaired) electrons. The van der Waals surface area contributed by atoms with Crippen molar-refractivity contribution < 1.29 is 13.2 Å². The minimum Gasteiger partial charge on any atom is -0.369 e. The largest absolute Gasteiger partial charge is 0.416 e. The Morgan fingerprint density at radius 2 is 1.24 bits per heavy atom. The molecule has 2 aromatic rings. The van der Waals surface area contributed by atoms with Gasteiger partial charge in [0, 0.05) is 63.7 Å². The molecule has 2 heterocycles. The van der Waals surface area contributed by atoms with Crippen molar-refractivity contribution in [1.82, 2.24) is 9.80 Å². The summed E-state index contributed by atoms with van der Waals surface area (Å²) in [5, 5.41) is 9.12. The lowest BCUT2D eigenvalue weighted by atomic mass is 10.1. The van der Waals surface area contributed by atoms with Gasteiger partial charge in [0.2, 0.25) is 0 Å². The number of piperazine rings is 2. The number of anilines is 2. The van der Waals surface area contributed by atoms with E-state index < -0.39 is 11.7 Å². The number of unbranched alkanes of at least 4 members (excludes halogenated alkanes) is 1. The number of para-hydroxylation sites is 1. The second kappa shape index (κ2) is 11.1. The number of halogens is 3. The number of rotatable bonds is 7. The van der Waals surface area contributed by atoms with Crippen LogP contribution in [0.3, 0.4) is 0 Å². The number of benzene rings is 2. The second-order valence-corrected chi connectivity index (χ2v) is 9.08. The topological polar surface area (TPSA) is 36.8 Å². The highest BCUT2D eigenvalue weighted by atomic mass is 19.4. The van der Waals surface area contributed by atoms with Crippen LogP contribution in [-0.2, 0) is 6.18 Å². The van der Waals surface area contributed by atoms with Gasteiger partial charge in [0.05, 0.1) is 17.2 Å². The van der Waals surface area contributed by atoms with Gasteiger partial charge in [0.25, 0.3) is 0 Å². The highest BCUT2D eigenvalue weighted by Crippen LogP contribution is 2.33. The monoisotopic (exact) mass is 471 g/mol. The molecule has 2 aromatic carbocycles. The standard InChI is InChI=1S/C26H32F3N5/c27-26(28,29)23-18-22(21-30)19-25(20-23)34-16-12-32(13-17-34)9-5-4-8-31-10-14-33(15-11-31)24-6-2-1-3-7-24/h1-3,6-7,18-20H,4-5,8-17H2. The molecule has 0 atom stereocenters. The molecule has 5 nitrogen and oxygen atoms in total. The van der Waals surface area contributed by atoms with Gasteiger partial charge in [-0.25, -0.2) is 0 Å². The van der Waals surface area contributed by atoms with Crippen LogP contribution in [0.5, 0.6) is 0 Å². The molecule has 0 unspecified atom stereocenters. The summed E-state index contributed by atoms with van der Waals surface area (Å²) in [6.07, 6.45) is -2.16. The van der Waals surface area contributed by atoms with Crippen molar-refractivity contribution in [2.24, 2.45) is 0 Å². The fourth-order valence-corrected chi connectivity index (χ4v) is 4.79. The minimum absolute atomic E-state index is 0.0526. The van der Waals surface area contributed by atoms with E-state index in [1.807, 2.05) is 11.0 Å². The molecule has 2 saturated heterocycles. The third kappa shape index (κ3) is 6.43. The molecule has 0 aliphatic carbocycles. The average molecular weight is 472 g/mol. The third-order valence-corrected chi connectivity index (χ3v) is 6.80. The maximum absolute atomic E-state index is 13.2. The first-order valence-corrected chi connectivity index (χ1v) is 12.0. The van der Waals surface area contributed by atoms with Crippen LogP contribution in [0.4, 0.5) is 24.5 Å². The van der Waals surface area contributed by atoms with Gasteiger partial charge in [0.15, 0.2) is 0 Å². The van der Waals surface area contributed by atoms with Gasteiger partial charge >= 0.3 is 6.18 Å². The van der Waals surface area contributed by atoms with Crippen LogP contribution in [-0.4, -0.2) is 75.2 Å². The van der Waals surface area contributed by atoms with E-state index in [2.05, 4.69) is 45.0 Å². The molecule has 2 aliphatic rings. The molecule has 0 bridgehead atoms. The Morgan fingerprint density at radius 3 is 1.74 bits per heavy atom. The fraction of sp³-hybridized carbons (Fsp3) is 0.500. The maximum Gasteiger partial charge on any atom is 0.416 e. The molecule has 34 heavy (non-hydrogen) atoms. The summed E-state index contributed by atoms with van der Waals surface area (Å²) in [6, 6.07) is 16.1. The third-order valence-electron chi connectivity index (χ3n) is 6.80. The summed E-state index contributed by atoms with van der Waals surface area (Å²) in [5.74, 6) is 0. The van der Waals surface area contributed by atoms with E-state index in [9.17, 15) is 13.2 Å². The van der Waals surface area contributed by atoms with Crippen molar-refractivity contribution in [2.45, 2.75) is 19.0 Å². The summed E-state index contributed by atoms with van der Waals surface area (Å²) in [7, 11) is 0. The summed E-state index contributed by atoms with van der Waals surface area (Å²) >= 11 is 0. The molecule has 0 N–H and O–H groups in total. The molecule has 0 spiro atoms. The number of hydrogen-bond acceptors (Lipinski definition) is 5. The second-order valence-electron chi connectivity index (χ2n) is 9.08. The van der Waals surface area contributed by atoms with Crippen LogP contribution in [0.1, 0.15) is 24.0 Å². The fourth-order valence-electron chi connectivity index (χ4n) is 4.79. The van der Waals surface area contributed by atoms with Crippen LogP contribution < -0.4 is 9.80 Å². The molecule has 2 fully saturated rings. The van der Waals surface area contributed by atoms with Crippen LogP contribution in [0.15, 0.2) is 48.5 Å². The van der Waals surface area contributed by atoms with E-state index in [1.165, 1.54) is 5.69 Å². The lowest BCUT2D eigenvalue weighted by Crippen LogP contribution is -2.47. The molecule has 8 heteroatoms. The molecule has 0 amide bonds. The predicted octanol–water partition coefficient (Wildman–Crippen LogP) is 4.30. The zero-order chi connectivity index (χ0) is 24.0. The van der Waals surface area contributed by atoms with Crippen LogP contribution >= 0.6 is 0 Å². The highest BCUT2D eigenvalue weighted by Gasteiger charge is 2.32. The Morgan fingerprint density at radius 1 is 0.706 bits per heavy atom. The van der Waals surface area contributed by atoms with Crippen molar-refractivity contribution in [3.8, 4) is 6.07 Å². The van der Waals surface area contributed by atoms with Gasteiger partial charge in [-0.3, -0.25) is 9.80 Å². The Bertz CT molecular complexity index is 957. The summed E-state index contributed by atoms with van der Waals surface area (Å²) in [4.78, 5) is 9.33. The van der Waals surface area contributed by atoms with E-state index in [4.69, 9.17) is 5.26 Å². The van der Waals surface area contributed by atoms with Crippen molar-refractivity contribution in [3.05, 3.63) is 59.7 Å². The predicted molar refractivity (Wildman–Crippen MR) is 129 cm³/mol. The lowest BCUT2D eigenvalue weighted by Gasteiger charge is -2.37. The van der Waals surface area contributed by atoms with Crippen molar-refractivity contribution in [3.63, 3.8) is 0 Å². The van der Waals surface area contributed by atoms with Crippen LogP contribution in [0.25, 0.3) is 0 Å². The van der Waals surface area contributed by atoms with E-state index >= 15 is 0 Å². The highest BCUT2D eigenvalue weighted by molar-refractivity contribution is 5.55. The molecule has 4 rings (SSSR count). The summed E-state index contributed by atoms with van der Waals surface area (Å²) in [5.41, 5.74) is 1.08. The quantitative estimate of drug-likeness (QED) is 0.563. The number of hydrogen-bond donors (Lipinski definition) is 0. The summed E-state index contributed by atoms with van der Waals surface area (Å²) < 4.78 is 39.5. The van der Waals surface area contributed by atoms with E-state index in [-0.39, 0.29) is 5.56 Å². The van der Waals surface area contributed by atoms with Gasteiger partial charge in [0.1, 0.15) is 0 Å². The average Bonchev–Trinajstić information content (AvgIpc) is 2.87. The molecular weight excluding hydrogens is 439 g/mol. The van der Waals surface area contributed by atoms with E-state index in [0.29, 0.717) is 18.8 Å². The Balaban J connectivity index is 1.16. The van der Waals surface area contributed by atoms with E-state index in [0.717, 1.165) is 77.3 Å². The normalized spacial score (nSPS) is 18.2. The number of nitriles is 1. The van der Waals surface area contributed by atoms with Gasteiger partial charge in [-0.15, -0.1) is 0 Å². The van der Waals surface area contributed by atoms with Gasteiger partial charge in [-0.05, 0) is 56.3 Å². The Hall–Kier alpha value is -2.76. The maximum atomic E-state index is 13.2. The van der Waals surface area contributed by atoms with Crippen molar-refractivity contribution >= 4 is 11.4 Å². The molecule has 182 valence electrons. The molecular formula is C26H32F3N5. The van der Waals surface area contributed by atoms with Crippen LogP contribution in [0, 0.1) is 11.3 Å². The number of nitrogens with zero attached hydrogens (tertiary/aromatic N) is 5. The van der Waals surface area contributed by atoms with Crippen LogP contribution in [0.2, 0.25) is 0 Å². The molecule has 2 aliphatic heterocycles. The summed E-state index contributed by atoms with van der Waals surface area (Å²) in [6.45, 7) is 9.45. The Labute approximate surface area is 200 Å². The minimum atomic E-state index is -4.45. The molecule has 0 saturated carbocycles. The van der Waals surface area contributed by atoms with Crippen molar-refractivity contribution in [2.75, 3.05) is 75.2 Å². The smallest absolute Gasteiger partial charge is 0.369 e. The zero-order valence-electron chi connectivity index (χ0n) is 19.5. The van der Waals surface area contributed by atoms with Gasteiger partial charge < -0.3 is 9.80 Å². The lowest BCUT2D eigenvalue weighted by molar-refractivity contribution is -0.137. The molecule has 0 aromatic heterocycles. The van der Waals surface area contributed by atoms with E-state index in [1.54, 1.807) is 6.07 Å².